The lowest BCUT2D eigenvalue weighted by Crippen LogP contribution is -2.32. The first-order valence-electron chi connectivity index (χ1n) is 5.43. The molecular weight excluding hydrogens is 228 g/mol. The summed E-state index contributed by atoms with van der Waals surface area (Å²) < 4.78 is 25.9. The highest BCUT2D eigenvalue weighted by atomic mass is 32.2. The molecule has 0 radical (unpaired) electrons. The summed E-state index contributed by atoms with van der Waals surface area (Å²) in [4.78, 5) is 0. The van der Waals surface area contributed by atoms with E-state index in [9.17, 15) is 8.78 Å². The van der Waals surface area contributed by atoms with Gasteiger partial charge in [0, 0.05) is 12.1 Å². The maximum Gasteiger partial charge on any atom is 0.126 e. The minimum absolute atomic E-state index is 0.0104. The summed E-state index contributed by atoms with van der Waals surface area (Å²) in [7, 11) is 0. The number of halogens is 2. The zero-order valence-electron chi connectivity index (χ0n) is 8.96. The van der Waals surface area contributed by atoms with Crippen LogP contribution in [0.5, 0.6) is 0 Å². The van der Waals surface area contributed by atoms with E-state index >= 15 is 0 Å². The van der Waals surface area contributed by atoms with Crippen molar-refractivity contribution in [3.05, 3.63) is 35.4 Å². The van der Waals surface area contributed by atoms with Crippen LogP contribution in [0.3, 0.4) is 0 Å². The van der Waals surface area contributed by atoms with Crippen LogP contribution >= 0.6 is 11.8 Å². The summed E-state index contributed by atoms with van der Waals surface area (Å²) in [5, 5.41) is 0. The molecule has 1 fully saturated rings. The van der Waals surface area contributed by atoms with Crippen molar-refractivity contribution >= 4 is 11.8 Å². The van der Waals surface area contributed by atoms with Crippen LogP contribution in [-0.2, 0) is 6.42 Å². The van der Waals surface area contributed by atoms with Crippen molar-refractivity contribution in [1.29, 1.82) is 0 Å². The van der Waals surface area contributed by atoms with E-state index in [1.807, 2.05) is 11.8 Å². The number of rotatable bonds is 3. The Kier molecular flexibility index (Phi) is 3.82. The van der Waals surface area contributed by atoms with Crippen molar-refractivity contribution < 1.29 is 8.78 Å². The third kappa shape index (κ3) is 2.95. The Balaban J connectivity index is 2.02. The average Bonchev–Trinajstić information content (AvgIpc) is 2.68. The fraction of sp³-hybridized carbons (Fsp3) is 0.500. The number of nitrogens with two attached hydrogens (primary N) is 1. The minimum Gasteiger partial charge on any atom is -0.327 e. The van der Waals surface area contributed by atoms with E-state index in [-0.39, 0.29) is 6.04 Å². The lowest BCUT2D eigenvalue weighted by molar-refractivity contribution is 0.460. The molecule has 0 bridgehead atoms. The molecule has 1 aliphatic heterocycles. The molecule has 2 atom stereocenters. The molecule has 0 amide bonds. The highest BCUT2D eigenvalue weighted by Crippen LogP contribution is 2.27. The van der Waals surface area contributed by atoms with Gasteiger partial charge in [0.15, 0.2) is 0 Å². The monoisotopic (exact) mass is 243 g/mol. The van der Waals surface area contributed by atoms with Crippen LogP contribution in [0.4, 0.5) is 8.78 Å². The van der Waals surface area contributed by atoms with Gasteiger partial charge in [-0.3, -0.25) is 0 Å². The molecule has 2 rings (SSSR count). The molecule has 0 aromatic heterocycles. The van der Waals surface area contributed by atoms with E-state index in [0.717, 1.165) is 24.0 Å². The zero-order chi connectivity index (χ0) is 11.5. The molecule has 1 aliphatic rings. The van der Waals surface area contributed by atoms with Gasteiger partial charge in [0.1, 0.15) is 11.6 Å². The second-order valence-corrected chi connectivity index (χ2v) is 5.42. The van der Waals surface area contributed by atoms with E-state index in [1.54, 1.807) is 0 Å². The second-order valence-electron chi connectivity index (χ2n) is 4.27. The molecule has 1 saturated heterocycles. The fourth-order valence-corrected chi connectivity index (χ4v) is 3.41. The summed E-state index contributed by atoms with van der Waals surface area (Å²) >= 11 is 1.90. The Bertz CT molecular complexity index is 344. The van der Waals surface area contributed by atoms with Crippen LogP contribution in [0.1, 0.15) is 12.0 Å². The van der Waals surface area contributed by atoms with Crippen LogP contribution in [-0.4, -0.2) is 17.5 Å². The molecule has 1 heterocycles. The first kappa shape index (κ1) is 11.9. The Morgan fingerprint density at radius 3 is 2.56 bits per heavy atom. The number of benzene rings is 1. The van der Waals surface area contributed by atoms with Crippen molar-refractivity contribution in [2.75, 3.05) is 11.5 Å². The molecule has 2 N–H and O–H groups in total. The maximum atomic E-state index is 13.0. The standard InChI is InChI=1S/C12H15F2NS/c13-10-3-8(4-11(14)6-10)5-12(15)9-1-2-16-7-9/h3-4,6,9,12H,1-2,5,7,15H2. The van der Waals surface area contributed by atoms with E-state index in [0.29, 0.717) is 17.9 Å². The van der Waals surface area contributed by atoms with Crippen molar-refractivity contribution in [1.82, 2.24) is 0 Å². The van der Waals surface area contributed by atoms with Gasteiger partial charge >= 0.3 is 0 Å². The van der Waals surface area contributed by atoms with E-state index in [1.165, 1.54) is 12.1 Å². The molecule has 88 valence electrons. The smallest absolute Gasteiger partial charge is 0.126 e. The van der Waals surface area contributed by atoms with Crippen LogP contribution in [0, 0.1) is 17.6 Å². The Labute approximate surface area is 98.4 Å². The summed E-state index contributed by atoms with van der Waals surface area (Å²) in [6.07, 6.45) is 1.67. The fourth-order valence-electron chi connectivity index (χ4n) is 2.06. The van der Waals surface area contributed by atoms with E-state index in [4.69, 9.17) is 5.73 Å². The Morgan fingerprint density at radius 2 is 2.00 bits per heavy atom. The zero-order valence-corrected chi connectivity index (χ0v) is 9.77. The molecule has 2 unspecified atom stereocenters. The Morgan fingerprint density at radius 1 is 1.31 bits per heavy atom. The predicted molar refractivity (Wildman–Crippen MR) is 63.5 cm³/mol. The molecule has 0 saturated carbocycles. The minimum atomic E-state index is -0.525. The number of hydrogen-bond donors (Lipinski definition) is 1. The van der Waals surface area contributed by atoms with Crippen molar-refractivity contribution in [2.45, 2.75) is 18.9 Å². The third-order valence-corrected chi connectivity index (χ3v) is 4.15. The first-order valence-corrected chi connectivity index (χ1v) is 6.59. The van der Waals surface area contributed by atoms with Crippen LogP contribution in [0.2, 0.25) is 0 Å². The average molecular weight is 243 g/mol. The van der Waals surface area contributed by atoms with Crippen LogP contribution < -0.4 is 5.73 Å². The molecule has 1 aromatic carbocycles. The summed E-state index contributed by atoms with van der Waals surface area (Å²) in [6.45, 7) is 0. The highest BCUT2D eigenvalue weighted by molar-refractivity contribution is 7.99. The van der Waals surface area contributed by atoms with Gasteiger partial charge in [-0.2, -0.15) is 11.8 Å². The third-order valence-electron chi connectivity index (χ3n) is 2.96. The largest absolute Gasteiger partial charge is 0.327 e. The summed E-state index contributed by atoms with van der Waals surface area (Å²) in [5.74, 6) is 1.65. The summed E-state index contributed by atoms with van der Waals surface area (Å²) in [5.41, 5.74) is 6.71. The summed E-state index contributed by atoms with van der Waals surface area (Å²) in [6, 6.07) is 3.63. The van der Waals surface area contributed by atoms with Gasteiger partial charge in [0.25, 0.3) is 0 Å². The van der Waals surface area contributed by atoms with Crippen molar-refractivity contribution in [3.63, 3.8) is 0 Å². The van der Waals surface area contributed by atoms with Gasteiger partial charge in [0.05, 0.1) is 0 Å². The lowest BCUT2D eigenvalue weighted by atomic mass is 9.94. The molecule has 1 nitrogen and oxygen atoms in total. The SMILES string of the molecule is NC(Cc1cc(F)cc(F)c1)C1CCSC1. The molecule has 0 spiro atoms. The molecule has 4 heteroatoms. The van der Waals surface area contributed by atoms with Gasteiger partial charge < -0.3 is 5.73 Å². The van der Waals surface area contributed by atoms with Gasteiger partial charge in [-0.1, -0.05) is 0 Å². The quantitative estimate of drug-likeness (QED) is 0.883. The molecular formula is C12H15F2NS. The number of thioether (sulfide) groups is 1. The van der Waals surface area contributed by atoms with E-state index < -0.39 is 11.6 Å². The molecule has 1 aromatic rings. The highest BCUT2D eigenvalue weighted by Gasteiger charge is 2.22. The van der Waals surface area contributed by atoms with Crippen molar-refractivity contribution in [3.8, 4) is 0 Å². The van der Waals surface area contributed by atoms with Crippen molar-refractivity contribution in [2.24, 2.45) is 11.7 Å². The second kappa shape index (κ2) is 5.15. The normalized spacial score (nSPS) is 22.3. The van der Waals surface area contributed by atoms with Gasteiger partial charge in [-0.15, -0.1) is 0 Å². The number of hydrogen-bond acceptors (Lipinski definition) is 2. The van der Waals surface area contributed by atoms with Crippen LogP contribution in [0.25, 0.3) is 0 Å². The van der Waals surface area contributed by atoms with Gasteiger partial charge in [-0.25, -0.2) is 8.78 Å². The lowest BCUT2D eigenvalue weighted by Gasteiger charge is -2.18. The molecule has 0 aliphatic carbocycles. The van der Waals surface area contributed by atoms with Gasteiger partial charge in [-0.05, 0) is 48.0 Å². The predicted octanol–water partition coefficient (Wildman–Crippen LogP) is 2.59. The maximum absolute atomic E-state index is 13.0. The van der Waals surface area contributed by atoms with Gasteiger partial charge in [0.2, 0.25) is 0 Å². The van der Waals surface area contributed by atoms with E-state index in [2.05, 4.69) is 0 Å². The molecule has 16 heavy (non-hydrogen) atoms. The first-order chi connectivity index (χ1) is 7.65. The van der Waals surface area contributed by atoms with Crippen LogP contribution in [0.15, 0.2) is 18.2 Å². The Hall–Kier alpha value is -0.610. The topological polar surface area (TPSA) is 26.0 Å².